The lowest BCUT2D eigenvalue weighted by Crippen LogP contribution is -2.32. The van der Waals surface area contributed by atoms with Crippen molar-refractivity contribution < 1.29 is 9.47 Å². The molecule has 3 nitrogen and oxygen atoms in total. The molecule has 1 fully saturated rings. The largest absolute Gasteiger partial charge is 0.453 e. The first-order chi connectivity index (χ1) is 8.97. The zero-order chi connectivity index (χ0) is 13.8. The Morgan fingerprint density at radius 1 is 1.21 bits per heavy atom. The van der Waals surface area contributed by atoms with Crippen molar-refractivity contribution in [1.82, 2.24) is 0 Å². The van der Waals surface area contributed by atoms with E-state index in [2.05, 4.69) is 20.8 Å². The monoisotopic (exact) mass is 281 g/mol. The molecule has 0 radical (unpaired) electrons. The van der Waals surface area contributed by atoms with E-state index < -0.39 is 0 Å². The number of benzene rings is 1. The molecular formula is C15H20ClNO2. The Labute approximate surface area is 119 Å². The average molecular weight is 282 g/mol. The van der Waals surface area contributed by atoms with E-state index in [1.165, 1.54) is 11.1 Å². The van der Waals surface area contributed by atoms with Crippen LogP contribution in [0.4, 0.5) is 0 Å². The molecule has 1 heterocycles. The van der Waals surface area contributed by atoms with Gasteiger partial charge in [0.25, 0.3) is 0 Å². The molecule has 1 saturated carbocycles. The van der Waals surface area contributed by atoms with Gasteiger partial charge in [-0.05, 0) is 37.3 Å². The number of fused-ring (bicyclic) bond motifs is 1. The van der Waals surface area contributed by atoms with Crippen LogP contribution in [0.1, 0.15) is 50.7 Å². The van der Waals surface area contributed by atoms with Gasteiger partial charge in [0.15, 0.2) is 11.5 Å². The molecule has 1 unspecified atom stereocenters. The molecule has 2 aliphatic rings. The first kappa shape index (κ1) is 13.1. The Morgan fingerprint density at radius 2 is 1.84 bits per heavy atom. The molecule has 19 heavy (non-hydrogen) atoms. The first-order valence-corrected chi connectivity index (χ1v) is 7.23. The fourth-order valence-corrected chi connectivity index (χ4v) is 3.39. The number of hydrogen-bond donors (Lipinski definition) is 1. The highest BCUT2D eigenvalue weighted by molar-refractivity contribution is 6.32. The van der Waals surface area contributed by atoms with E-state index in [1.807, 2.05) is 6.07 Å². The molecular weight excluding hydrogens is 262 g/mol. The summed E-state index contributed by atoms with van der Waals surface area (Å²) in [5.41, 5.74) is 8.76. The highest BCUT2D eigenvalue weighted by Crippen LogP contribution is 2.57. The van der Waals surface area contributed by atoms with E-state index in [1.54, 1.807) is 0 Å². The lowest BCUT2D eigenvalue weighted by molar-refractivity contribution is 0.173. The molecule has 0 saturated heterocycles. The predicted molar refractivity (Wildman–Crippen MR) is 76.2 cm³/mol. The highest BCUT2D eigenvalue weighted by atomic mass is 35.5. The van der Waals surface area contributed by atoms with E-state index in [9.17, 15) is 0 Å². The number of rotatable bonds is 3. The summed E-state index contributed by atoms with van der Waals surface area (Å²) in [5.74, 6) is 1.87. The van der Waals surface area contributed by atoms with Gasteiger partial charge in [-0.2, -0.15) is 0 Å². The van der Waals surface area contributed by atoms with Gasteiger partial charge in [0.2, 0.25) is 6.79 Å². The van der Waals surface area contributed by atoms with Crippen LogP contribution in [-0.2, 0) is 5.41 Å². The molecule has 1 aliphatic carbocycles. The van der Waals surface area contributed by atoms with E-state index >= 15 is 0 Å². The van der Waals surface area contributed by atoms with Crippen LogP contribution in [0.15, 0.2) is 6.07 Å². The minimum Gasteiger partial charge on any atom is -0.453 e. The second-order valence-corrected chi connectivity index (χ2v) is 6.39. The van der Waals surface area contributed by atoms with Crippen LogP contribution in [-0.4, -0.2) is 12.8 Å². The molecule has 3 rings (SSSR count). The maximum absolute atomic E-state index is 6.34. The molecule has 0 bridgehead atoms. The Balaban J connectivity index is 2.22. The van der Waals surface area contributed by atoms with Gasteiger partial charge in [0, 0.05) is 17.0 Å². The quantitative estimate of drug-likeness (QED) is 0.921. The SMILES string of the molecule is CC(C)c1c(C2(C(C)N)CC2)cc(Cl)c2c1OCO2. The minimum absolute atomic E-state index is 0.0736. The summed E-state index contributed by atoms with van der Waals surface area (Å²) < 4.78 is 11.2. The molecule has 0 aromatic heterocycles. The Bertz CT molecular complexity index is 521. The zero-order valence-corrected chi connectivity index (χ0v) is 12.4. The van der Waals surface area contributed by atoms with Crippen LogP contribution in [0.25, 0.3) is 0 Å². The summed E-state index contributed by atoms with van der Waals surface area (Å²) in [5, 5.41) is 0.638. The standard InChI is InChI=1S/C15H20ClNO2/c1-8(2)12-10(15(4-5-15)9(3)17)6-11(16)13-14(12)19-7-18-13/h6,8-9H,4-5,7,17H2,1-3H3. The van der Waals surface area contributed by atoms with Gasteiger partial charge in [0.1, 0.15) is 0 Å². The summed E-state index contributed by atoms with van der Waals surface area (Å²) in [4.78, 5) is 0. The second kappa shape index (κ2) is 4.29. The lowest BCUT2D eigenvalue weighted by atomic mass is 9.82. The van der Waals surface area contributed by atoms with E-state index in [0.717, 1.165) is 18.6 Å². The number of hydrogen-bond acceptors (Lipinski definition) is 3. The van der Waals surface area contributed by atoms with Crippen molar-refractivity contribution in [3.8, 4) is 11.5 Å². The minimum atomic E-state index is 0.0736. The summed E-state index contributed by atoms with van der Waals surface area (Å²) >= 11 is 6.34. The summed E-state index contributed by atoms with van der Waals surface area (Å²) in [6.45, 7) is 6.68. The molecule has 1 aliphatic heterocycles. The summed E-state index contributed by atoms with van der Waals surface area (Å²) in [6.07, 6.45) is 2.25. The van der Waals surface area contributed by atoms with Crippen molar-refractivity contribution in [3.05, 3.63) is 22.2 Å². The number of ether oxygens (including phenoxy) is 2. The van der Waals surface area contributed by atoms with Crippen LogP contribution in [0.3, 0.4) is 0 Å². The van der Waals surface area contributed by atoms with Crippen molar-refractivity contribution in [2.75, 3.05) is 6.79 Å². The van der Waals surface area contributed by atoms with Crippen molar-refractivity contribution in [3.63, 3.8) is 0 Å². The van der Waals surface area contributed by atoms with Gasteiger partial charge >= 0.3 is 0 Å². The van der Waals surface area contributed by atoms with Gasteiger partial charge in [-0.3, -0.25) is 0 Å². The van der Waals surface area contributed by atoms with Crippen LogP contribution >= 0.6 is 11.6 Å². The molecule has 0 spiro atoms. The van der Waals surface area contributed by atoms with Crippen molar-refractivity contribution in [1.29, 1.82) is 0 Å². The van der Waals surface area contributed by atoms with Crippen molar-refractivity contribution >= 4 is 11.6 Å². The second-order valence-electron chi connectivity index (χ2n) is 5.98. The van der Waals surface area contributed by atoms with Crippen LogP contribution in [0.2, 0.25) is 5.02 Å². The Morgan fingerprint density at radius 3 is 2.37 bits per heavy atom. The molecule has 4 heteroatoms. The third-order valence-corrected chi connectivity index (χ3v) is 4.69. The zero-order valence-electron chi connectivity index (χ0n) is 11.6. The Kier molecular flexibility index (Phi) is 2.95. The third kappa shape index (κ3) is 1.83. The van der Waals surface area contributed by atoms with E-state index in [4.69, 9.17) is 26.8 Å². The van der Waals surface area contributed by atoms with Crippen molar-refractivity contribution in [2.45, 2.75) is 51.0 Å². The molecule has 1 aromatic carbocycles. The maximum Gasteiger partial charge on any atom is 0.231 e. The molecule has 2 N–H and O–H groups in total. The van der Waals surface area contributed by atoms with Gasteiger partial charge in [-0.15, -0.1) is 0 Å². The van der Waals surface area contributed by atoms with Crippen LogP contribution < -0.4 is 15.2 Å². The summed E-state index contributed by atoms with van der Waals surface area (Å²) in [6, 6.07) is 2.17. The lowest BCUT2D eigenvalue weighted by Gasteiger charge is -2.26. The first-order valence-electron chi connectivity index (χ1n) is 6.85. The fraction of sp³-hybridized carbons (Fsp3) is 0.600. The maximum atomic E-state index is 6.34. The molecule has 1 atom stereocenters. The number of nitrogens with two attached hydrogens (primary N) is 1. The molecule has 104 valence electrons. The number of halogens is 1. The van der Waals surface area contributed by atoms with Gasteiger partial charge < -0.3 is 15.2 Å². The van der Waals surface area contributed by atoms with E-state index in [-0.39, 0.29) is 18.2 Å². The third-order valence-electron chi connectivity index (χ3n) is 4.41. The predicted octanol–water partition coefficient (Wildman–Crippen LogP) is 3.57. The van der Waals surface area contributed by atoms with Gasteiger partial charge in [-0.1, -0.05) is 25.4 Å². The summed E-state index contributed by atoms with van der Waals surface area (Å²) in [7, 11) is 0. The van der Waals surface area contributed by atoms with Gasteiger partial charge in [0.05, 0.1) is 5.02 Å². The smallest absolute Gasteiger partial charge is 0.231 e. The van der Waals surface area contributed by atoms with Gasteiger partial charge in [-0.25, -0.2) is 0 Å². The normalized spacial score (nSPS) is 20.7. The van der Waals surface area contributed by atoms with Crippen molar-refractivity contribution in [2.24, 2.45) is 5.73 Å². The van der Waals surface area contributed by atoms with Crippen LogP contribution in [0.5, 0.6) is 11.5 Å². The molecule has 1 aromatic rings. The average Bonchev–Trinajstić information content (AvgIpc) is 3.01. The highest BCUT2D eigenvalue weighted by Gasteiger charge is 2.50. The molecule has 0 amide bonds. The fourth-order valence-electron chi connectivity index (χ4n) is 3.14. The Hall–Kier alpha value is -0.930. The van der Waals surface area contributed by atoms with E-state index in [0.29, 0.717) is 16.7 Å². The van der Waals surface area contributed by atoms with Crippen LogP contribution in [0, 0.1) is 0 Å². The topological polar surface area (TPSA) is 44.5 Å².